The minimum atomic E-state index is -0.913. The molecule has 1 aromatic carbocycles. The quantitative estimate of drug-likeness (QED) is 0.730. The van der Waals surface area contributed by atoms with Gasteiger partial charge in [-0.15, -0.1) is 0 Å². The van der Waals surface area contributed by atoms with E-state index in [1.54, 1.807) is 0 Å². The molecule has 2 aromatic rings. The molecule has 1 aromatic heterocycles. The number of hydrogen-bond acceptors (Lipinski definition) is 3. The average molecular weight is 469 g/mol. The van der Waals surface area contributed by atoms with Crippen LogP contribution in [0.4, 0.5) is 8.78 Å². The first-order valence-electron chi connectivity index (χ1n) is 12.5. The Balaban J connectivity index is 1.35. The first kappa shape index (κ1) is 21.7. The summed E-state index contributed by atoms with van der Waals surface area (Å²) in [5.41, 5.74) is 1.20. The Morgan fingerprint density at radius 2 is 1.82 bits per heavy atom. The van der Waals surface area contributed by atoms with E-state index in [4.69, 9.17) is 0 Å². The van der Waals surface area contributed by atoms with E-state index in [0.29, 0.717) is 18.8 Å². The molecule has 1 aliphatic heterocycles. The lowest BCUT2D eigenvalue weighted by atomic mass is 9.94. The lowest BCUT2D eigenvalue weighted by Crippen LogP contribution is -2.60. The van der Waals surface area contributed by atoms with E-state index in [1.165, 1.54) is 16.8 Å². The normalized spacial score (nSPS) is 28.6. The van der Waals surface area contributed by atoms with Crippen molar-refractivity contribution in [3.63, 3.8) is 0 Å². The second-order valence-electron chi connectivity index (χ2n) is 10.8. The van der Waals surface area contributed by atoms with Gasteiger partial charge in [-0.05, 0) is 70.4 Å². The van der Waals surface area contributed by atoms with Gasteiger partial charge >= 0.3 is 0 Å². The van der Waals surface area contributed by atoms with E-state index in [2.05, 4.69) is 24.3 Å². The van der Waals surface area contributed by atoms with Crippen molar-refractivity contribution < 1.29 is 18.4 Å². The zero-order chi connectivity index (χ0) is 23.8. The monoisotopic (exact) mass is 468 g/mol. The van der Waals surface area contributed by atoms with Gasteiger partial charge < -0.3 is 10.2 Å². The Kier molecular flexibility index (Phi) is 4.87. The summed E-state index contributed by atoms with van der Waals surface area (Å²) >= 11 is 0. The van der Waals surface area contributed by atoms with Crippen LogP contribution >= 0.6 is 0 Å². The molecule has 3 fully saturated rings. The predicted molar refractivity (Wildman–Crippen MR) is 122 cm³/mol. The number of halogens is 2. The highest BCUT2D eigenvalue weighted by Gasteiger charge is 2.52. The maximum absolute atomic E-state index is 14.6. The first-order chi connectivity index (χ1) is 16.3. The van der Waals surface area contributed by atoms with Gasteiger partial charge in [0.2, 0.25) is 5.91 Å². The molecule has 0 bridgehead atoms. The largest absolute Gasteiger partial charge is 0.336 e. The van der Waals surface area contributed by atoms with Crippen LogP contribution in [-0.2, 0) is 11.2 Å². The van der Waals surface area contributed by atoms with Crippen LogP contribution in [0.2, 0.25) is 0 Å². The summed E-state index contributed by atoms with van der Waals surface area (Å²) in [6.45, 7) is 4.15. The average Bonchev–Trinajstić information content (AvgIpc) is 3.17. The number of aromatic nitrogens is 2. The molecule has 0 radical (unpaired) electrons. The smallest absolute Gasteiger partial charge is 0.272 e. The van der Waals surface area contributed by atoms with E-state index in [1.807, 2.05) is 4.90 Å². The van der Waals surface area contributed by atoms with Crippen molar-refractivity contribution in [3.05, 3.63) is 46.8 Å². The number of rotatable bonds is 4. The summed E-state index contributed by atoms with van der Waals surface area (Å²) in [5.74, 6) is -1.02. The molecule has 2 amide bonds. The van der Waals surface area contributed by atoms with E-state index in [-0.39, 0.29) is 41.2 Å². The third-order valence-corrected chi connectivity index (χ3v) is 8.52. The van der Waals surface area contributed by atoms with Gasteiger partial charge in [0, 0.05) is 29.6 Å². The van der Waals surface area contributed by atoms with Gasteiger partial charge in [0.25, 0.3) is 5.91 Å². The molecule has 2 saturated carbocycles. The minimum absolute atomic E-state index is 0.0133. The van der Waals surface area contributed by atoms with E-state index < -0.39 is 17.2 Å². The summed E-state index contributed by atoms with van der Waals surface area (Å²) in [5, 5.41) is 7.66. The van der Waals surface area contributed by atoms with Crippen LogP contribution in [-0.4, -0.2) is 44.1 Å². The zero-order valence-electron chi connectivity index (χ0n) is 19.6. The number of hydrogen-bond donors (Lipinski definition) is 1. The summed E-state index contributed by atoms with van der Waals surface area (Å²) in [7, 11) is 0. The predicted octanol–water partition coefficient (Wildman–Crippen LogP) is 4.25. The lowest BCUT2D eigenvalue weighted by Gasteiger charge is -2.37. The van der Waals surface area contributed by atoms with Crippen LogP contribution in [0, 0.1) is 17.6 Å². The van der Waals surface area contributed by atoms with E-state index >= 15 is 0 Å². The molecule has 8 heteroatoms. The van der Waals surface area contributed by atoms with Gasteiger partial charge in [-0.3, -0.25) is 9.59 Å². The maximum atomic E-state index is 14.6. The molecular weight excluding hydrogens is 438 g/mol. The standard InChI is InChI=1S/C26H30F2N4O2/c1-14-5-6-15(2)31(14)25(34)26(9-3-4-10-26)29-24(33)22-19-12-16-11-18(16)23(19)32(30-22)21-8-7-17(27)13-20(21)28/h7-8,13-16,18H,3-6,9-12H2,1-2H3,(H,29,33)/t14-,15+,16-,18-/m1/s1. The number of amides is 2. The maximum Gasteiger partial charge on any atom is 0.272 e. The number of likely N-dealkylation sites (tertiary alicyclic amines) is 1. The third-order valence-electron chi connectivity index (χ3n) is 8.52. The fourth-order valence-corrected chi connectivity index (χ4v) is 6.62. The van der Waals surface area contributed by atoms with Crippen LogP contribution in [0.25, 0.3) is 5.69 Å². The fourth-order valence-electron chi connectivity index (χ4n) is 6.62. The highest BCUT2D eigenvalue weighted by Crippen LogP contribution is 2.57. The Morgan fingerprint density at radius 1 is 1.12 bits per heavy atom. The van der Waals surface area contributed by atoms with Gasteiger partial charge in [-0.2, -0.15) is 5.10 Å². The fraction of sp³-hybridized carbons (Fsp3) is 0.577. The number of carbonyl (C=O) groups excluding carboxylic acids is 2. The molecule has 180 valence electrons. The number of benzene rings is 1. The van der Waals surface area contributed by atoms with Crippen LogP contribution in [0.3, 0.4) is 0 Å². The van der Waals surface area contributed by atoms with Crippen molar-refractivity contribution in [2.75, 3.05) is 0 Å². The molecule has 3 aliphatic carbocycles. The molecule has 2 heterocycles. The Hall–Kier alpha value is -2.77. The van der Waals surface area contributed by atoms with Crippen molar-refractivity contribution in [2.24, 2.45) is 5.92 Å². The van der Waals surface area contributed by atoms with Crippen LogP contribution < -0.4 is 5.32 Å². The second kappa shape index (κ2) is 7.62. The van der Waals surface area contributed by atoms with E-state index in [9.17, 15) is 18.4 Å². The Labute approximate surface area is 197 Å². The highest BCUT2D eigenvalue weighted by atomic mass is 19.1. The summed E-state index contributed by atoms with van der Waals surface area (Å²) in [6.07, 6.45) is 6.69. The molecule has 1 saturated heterocycles. The molecule has 0 spiro atoms. The van der Waals surface area contributed by atoms with Gasteiger partial charge in [0.05, 0.1) is 5.69 Å². The minimum Gasteiger partial charge on any atom is -0.336 e. The number of nitrogens with zero attached hydrogens (tertiary/aromatic N) is 3. The SMILES string of the molecule is C[C@@H]1CC[C@H](C)N1C(=O)C1(NC(=O)c2nn(-c3ccc(F)cc3F)c3c2C[C@H]2C[C@@H]32)CCCC1. The van der Waals surface area contributed by atoms with Gasteiger partial charge in [-0.25, -0.2) is 13.5 Å². The van der Waals surface area contributed by atoms with E-state index in [0.717, 1.165) is 55.8 Å². The van der Waals surface area contributed by atoms with Crippen molar-refractivity contribution in [1.82, 2.24) is 20.0 Å². The molecule has 4 aliphatic rings. The van der Waals surface area contributed by atoms with Crippen molar-refractivity contribution in [3.8, 4) is 5.69 Å². The number of nitrogens with one attached hydrogen (secondary N) is 1. The first-order valence-corrected chi connectivity index (χ1v) is 12.5. The zero-order valence-corrected chi connectivity index (χ0v) is 19.6. The van der Waals surface area contributed by atoms with Crippen LogP contribution in [0.15, 0.2) is 18.2 Å². The van der Waals surface area contributed by atoms with Gasteiger partial charge in [0.15, 0.2) is 11.5 Å². The summed E-state index contributed by atoms with van der Waals surface area (Å²) in [6, 6.07) is 3.74. The number of fused-ring (bicyclic) bond motifs is 3. The molecule has 0 unspecified atom stereocenters. The molecule has 4 atom stereocenters. The Bertz CT molecular complexity index is 1180. The second-order valence-corrected chi connectivity index (χ2v) is 10.8. The molecule has 1 N–H and O–H groups in total. The highest BCUT2D eigenvalue weighted by molar-refractivity contribution is 5.99. The van der Waals surface area contributed by atoms with Crippen LogP contribution in [0.5, 0.6) is 0 Å². The molecule has 34 heavy (non-hydrogen) atoms. The van der Waals surface area contributed by atoms with Gasteiger partial charge in [0.1, 0.15) is 17.0 Å². The summed E-state index contributed by atoms with van der Waals surface area (Å²) < 4.78 is 29.6. The lowest BCUT2D eigenvalue weighted by molar-refractivity contribution is -0.140. The molecule has 6 rings (SSSR count). The van der Waals surface area contributed by atoms with Gasteiger partial charge in [-0.1, -0.05) is 12.8 Å². The molecular formula is C26H30F2N4O2. The summed E-state index contributed by atoms with van der Waals surface area (Å²) in [4.78, 5) is 29.4. The number of carbonyl (C=O) groups is 2. The molecule has 6 nitrogen and oxygen atoms in total. The third kappa shape index (κ3) is 3.21. The Morgan fingerprint density at radius 3 is 2.50 bits per heavy atom. The van der Waals surface area contributed by atoms with Crippen LogP contribution in [0.1, 0.15) is 86.5 Å². The van der Waals surface area contributed by atoms with Crippen molar-refractivity contribution >= 4 is 11.8 Å². The van der Waals surface area contributed by atoms with Crippen molar-refractivity contribution in [1.29, 1.82) is 0 Å². The topological polar surface area (TPSA) is 67.2 Å². The van der Waals surface area contributed by atoms with Crippen molar-refractivity contribution in [2.45, 2.75) is 88.8 Å².